The normalized spacial score (nSPS) is 34.4. The van der Waals surface area contributed by atoms with E-state index in [1.54, 1.807) is 0 Å². The summed E-state index contributed by atoms with van der Waals surface area (Å²) in [7, 11) is -0.603. The lowest BCUT2D eigenvalue weighted by Gasteiger charge is -2.55. The molecule has 1 aromatic rings. The Labute approximate surface area is 156 Å². The van der Waals surface area contributed by atoms with E-state index in [1.165, 1.54) is 11.1 Å². The van der Waals surface area contributed by atoms with E-state index in [4.69, 9.17) is 0 Å². The summed E-state index contributed by atoms with van der Waals surface area (Å²) < 4.78 is 23.4. The van der Waals surface area contributed by atoms with Crippen molar-refractivity contribution in [3.8, 4) is 5.75 Å². The van der Waals surface area contributed by atoms with Gasteiger partial charge in [-0.05, 0) is 68.6 Å². The van der Waals surface area contributed by atoms with Gasteiger partial charge < -0.3 is 14.9 Å². The molecule has 4 rings (SSSR count). The Balaban J connectivity index is 1.61. The number of aromatic hydroxyl groups is 1. The fourth-order valence-corrected chi connectivity index (χ4v) is 6.76. The summed E-state index contributed by atoms with van der Waals surface area (Å²) in [6.07, 6.45) is 3.19. The van der Waals surface area contributed by atoms with Gasteiger partial charge >= 0.3 is 0 Å². The van der Waals surface area contributed by atoms with Crippen molar-refractivity contribution in [3.05, 3.63) is 29.3 Å². The molecule has 2 bridgehead atoms. The minimum atomic E-state index is -2.83. The molecular weight excluding hydrogens is 348 g/mol. The number of likely N-dealkylation sites (N-methyl/N-ethyl adjacent to an activating group) is 1. The maximum absolute atomic E-state index is 11.7. The summed E-state index contributed by atoms with van der Waals surface area (Å²) in [6.45, 7) is 5.70. The van der Waals surface area contributed by atoms with E-state index in [2.05, 4.69) is 29.8 Å². The van der Waals surface area contributed by atoms with E-state index in [0.29, 0.717) is 30.8 Å². The molecule has 3 aliphatic rings. The van der Waals surface area contributed by atoms with Gasteiger partial charge in [0.15, 0.2) is 9.84 Å². The number of piperidine rings is 1. The summed E-state index contributed by atoms with van der Waals surface area (Å²) in [6, 6.07) is 6.45. The van der Waals surface area contributed by atoms with Gasteiger partial charge in [0.25, 0.3) is 0 Å². The van der Waals surface area contributed by atoms with Gasteiger partial charge in [-0.25, -0.2) is 8.42 Å². The van der Waals surface area contributed by atoms with Crippen molar-refractivity contribution >= 4 is 9.84 Å². The molecule has 5 nitrogen and oxygen atoms in total. The van der Waals surface area contributed by atoms with Gasteiger partial charge in [0.2, 0.25) is 0 Å². The topological polar surface area (TPSA) is 60.9 Å². The van der Waals surface area contributed by atoms with Crippen LogP contribution in [0.5, 0.6) is 5.75 Å². The molecule has 2 fully saturated rings. The van der Waals surface area contributed by atoms with Crippen molar-refractivity contribution < 1.29 is 13.5 Å². The molecule has 2 aliphatic heterocycles. The lowest BCUT2D eigenvalue weighted by Crippen LogP contribution is -2.58. The van der Waals surface area contributed by atoms with Crippen molar-refractivity contribution in [3.63, 3.8) is 0 Å². The predicted molar refractivity (Wildman–Crippen MR) is 103 cm³/mol. The SMILES string of the molecule is C[C@H]1[C@H]2Cc3ccc(O)cc3C1(CCN1CCS(=O)(=O)CC1)CCN2C. The van der Waals surface area contributed by atoms with Crippen molar-refractivity contribution in [2.75, 3.05) is 44.7 Å². The highest BCUT2D eigenvalue weighted by Gasteiger charge is 2.50. The maximum Gasteiger partial charge on any atom is 0.152 e. The molecule has 1 aliphatic carbocycles. The zero-order valence-corrected chi connectivity index (χ0v) is 16.6. The van der Waals surface area contributed by atoms with Crippen LogP contribution in [0.15, 0.2) is 18.2 Å². The van der Waals surface area contributed by atoms with E-state index < -0.39 is 9.84 Å². The largest absolute Gasteiger partial charge is 0.508 e. The molecule has 6 heteroatoms. The number of fused-ring (bicyclic) bond motifs is 4. The van der Waals surface area contributed by atoms with Gasteiger partial charge in [0.1, 0.15) is 5.75 Å². The third-order valence-electron chi connectivity index (χ3n) is 7.30. The second-order valence-corrected chi connectivity index (χ2v) is 10.8. The Bertz CT molecular complexity index is 780. The smallest absolute Gasteiger partial charge is 0.152 e. The van der Waals surface area contributed by atoms with Crippen molar-refractivity contribution in [2.24, 2.45) is 5.92 Å². The minimum Gasteiger partial charge on any atom is -0.508 e. The number of hydrogen-bond donors (Lipinski definition) is 1. The highest BCUT2D eigenvalue weighted by atomic mass is 32.2. The Morgan fingerprint density at radius 1 is 1.23 bits per heavy atom. The first-order chi connectivity index (χ1) is 12.3. The first-order valence-electron chi connectivity index (χ1n) is 9.76. The molecule has 1 aromatic carbocycles. The molecule has 3 atom stereocenters. The standard InChI is InChI=1S/C20H30N2O3S/c1-15-19-13-16-3-4-17(23)14-18(16)20(15,5-7-21(19)2)6-8-22-9-11-26(24,25)12-10-22/h3-4,14-15,19,23H,5-13H2,1-2H3/t15-,19+,20?/m0/s1. The van der Waals surface area contributed by atoms with Crippen LogP contribution in [0.2, 0.25) is 0 Å². The number of benzene rings is 1. The van der Waals surface area contributed by atoms with E-state index >= 15 is 0 Å². The predicted octanol–water partition coefficient (Wildman–Crippen LogP) is 1.65. The van der Waals surface area contributed by atoms with Crippen LogP contribution in [0.25, 0.3) is 0 Å². The van der Waals surface area contributed by atoms with Crippen LogP contribution in [0.4, 0.5) is 0 Å². The fraction of sp³-hybridized carbons (Fsp3) is 0.700. The van der Waals surface area contributed by atoms with Crippen LogP contribution in [-0.4, -0.2) is 74.1 Å². The highest BCUT2D eigenvalue weighted by Crippen LogP contribution is 2.51. The van der Waals surface area contributed by atoms with Gasteiger partial charge in [-0.1, -0.05) is 13.0 Å². The number of rotatable bonds is 3. The molecule has 1 N–H and O–H groups in total. The lowest BCUT2D eigenvalue weighted by atomic mass is 9.56. The van der Waals surface area contributed by atoms with Crippen LogP contribution in [0.1, 0.15) is 30.9 Å². The summed E-state index contributed by atoms with van der Waals surface area (Å²) in [4.78, 5) is 4.80. The molecule has 2 saturated heterocycles. The van der Waals surface area contributed by atoms with Crippen LogP contribution in [0, 0.1) is 5.92 Å². The van der Waals surface area contributed by atoms with Crippen LogP contribution >= 0.6 is 0 Å². The first-order valence-corrected chi connectivity index (χ1v) is 11.6. The van der Waals surface area contributed by atoms with Gasteiger partial charge in [0, 0.05) is 24.5 Å². The summed E-state index contributed by atoms with van der Waals surface area (Å²) >= 11 is 0. The Morgan fingerprint density at radius 2 is 1.96 bits per heavy atom. The number of sulfone groups is 1. The van der Waals surface area contributed by atoms with Crippen LogP contribution in [-0.2, 0) is 21.7 Å². The molecular formula is C20H30N2O3S. The molecule has 0 spiro atoms. The molecule has 144 valence electrons. The quantitative estimate of drug-likeness (QED) is 0.867. The monoisotopic (exact) mass is 378 g/mol. The molecule has 0 amide bonds. The van der Waals surface area contributed by atoms with E-state index in [0.717, 1.165) is 32.4 Å². The second kappa shape index (κ2) is 6.50. The van der Waals surface area contributed by atoms with Crippen molar-refractivity contribution in [1.82, 2.24) is 9.80 Å². The fourth-order valence-electron chi connectivity index (χ4n) is 5.48. The van der Waals surface area contributed by atoms with Crippen LogP contribution < -0.4 is 0 Å². The molecule has 0 saturated carbocycles. The third kappa shape index (κ3) is 3.06. The highest BCUT2D eigenvalue weighted by molar-refractivity contribution is 7.91. The van der Waals surface area contributed by atoms with Gasteiger partial charge in [-0.15, -0.1) is 0 Å². The van der Waals surface area contributed by atoms with Gasteiger partial charge in [-0.2, -0.15) is 0 Å². The minimum absolute atomic E-state index is 0.0832. The summed E-state index contributed by atoms with van der Waals surface area (Å²) in [5.74, 6) is 1.47. The number of likely N-dealkylation sites (tertiary alicyclic amines) is 1. The number of hydrogen-bond acceptors (Lipinski definition) is 5. The molecule has 0 aromatic heterocycles. The summed E-state index contributed by atoms with van der Waals surface area (Å²) in [5.41, 5.74) is 2.79. The second-order valence-electron chi connectivity index (χ2n) is 8.53. The number of nitrogens with zero attached hydrogens (tertiary/aromatic N) is 2. The van der Waals surface area contributed by atoms with Crippen molar-refractivity contribution in [1.29, 1.82) is 0 Å². The maximum atomic E-state index is 11.7. The number of phenolic OH excluding ortho intramolecular Hbond substituents is 1. The molecule has 0 radical (unpaired) electrons. The van der Waals surface area contributed by atoms with E-state index in [-0.39, 0.29) is 16.9 Å². The average Bonchev–Trinajstić information content (AvgIpc) is 2.60. The average molecular weight is 379 g/mol. The lowest BCUT2D eigenvalue weighted by molar-refractivity contribution is 0.0303. The Hall–Kier alpha value is -1.11. The Kier molecular flexibility index (Phi) is 4.56. The molecule has 1 unspecified atom stereocenters. The molecule has 2 heterocycles. The first kappa shape index (κ1) is 18.3. The van der Waals surface area contributed by atoms with Crippen LogP contribution in [0.3, 0.4) is 0 Å². The Morgan fingerprint density at radius 3 is 2.69 bits per heavy atom. The van der Waals surface area contributed by atoms with Crippen molar-refractivity contribution in [2.45, 2.75) is 37.6 Å². The molecule has 26 heavy (non-hydrogen) atoms. The van der Waals surface area contributed by atoms with Gasteiger partial charge in [-0.3, -0.25) is 0 Å². The third-order valence-corrected chi connectivity index (χ3v) is 8.90. The van der Waals surface area contributed by atoms with E-state index in [9.17, 15) is 13.5 Å². The summed E-state index contributed by atoms with van der Waals surface area (Å²) in [5, 5.41) is 10.1. The number of phenols is 1. The van der Waals surface area contributed by atoms with E-state index in [1.807, 2.05) is 12.1 Å². The zero-order valence-electron chi connectivity index (χ0n) is 15.8. The van der Waals surface area contributed by atoms with Gasteiger partial charge in [0.05, 0.1) is 11.5 Å². The zero-order chi connectivity index (χ0) is 18.5.